The molecule has 2 amide bonds. The van der Waals surface area contributed by atoms with E-state index in [1.165, 1.54) is 18.2 Å². The first-order valence-electron chi connectivity index (χ1n) is 5.10. The fourth-order valence-corrected chi connectivity index (χ4v) is 1.63. The molecule has 1 aromatic rings. The highest BCUT2D eigenvalue weighted by Gasteiger charge is 2.12. The summed E-state index contributed by atoms with van der Waals surface area (Å²) in [5.41, 5.74) is 5.06. The summed E-state index contributed by atoms with van der Waals surface area (Å²) in [7, 11) is 0. The molecule has 0 atom stereocenters. The van der Waals surface area contributed by atoms with Gasteiger partial charge >= 0.3 is 0 Å². The van der Waals surface area contributed by atoms with Crippen LogP contribution in [0.4, 0.5) is 4.39 Å². The Morgan fingerprint density at radius 3 is 2.83 bits per heavy atom. The van der Waals surface area contributed by atoms with Gasteiger partial charge in [-0.3, -0.25) is 9.59 Å². The Labute approximate surface area is 112 Å². The highest BCUT2D eigenvalue weighted by Crippen LogP contribution is 2.19. The van der Waals surface area contributed by atoms with Crippen molar-refractivity contribution in [2.45, 2.75) is 0 Å². The molecule has 0 saturated carbocycles. The minimum atomic E-state index is -0.575. The van der Waals surface area contributed by atoms with E-state index in [0.29, 0.717) is 0 Å². The zero-order chi connectivity index (χ0) is 13.5. The van der Waals surface area contributed by atoms with Crippen molar-refractivity contribution in [1.82, 2.24) is 5.32 Å². The third-order valence-corrected chi connectivity index (χ3v) is 2.78. The van der Waals surface area contributed by atoms with Crippen LogP contribution in [0.2, 0.25) is 0 Å². The van der Waals surface area contributed by atoms with Crippen LogP contribution in [0.1, 0.15) is 10.4 Å². The number of rotatable bonds is 6. The number of amides is 2. The average molecular weight is 319 g/mol. The molecule has 98 valence electrons. The van der Waals surface area contributed by atoms with Crippen molar-refractivity contribution < 1.29 is 18.7 Å². The number of nitrogens with one attached hydrogen (secondary N) is 1. The van der Waals surface area contributed by atoms with Gasteiger partial charge in [-0.05, 0) is 28.1 Å². The molecule has 5 nitrogen and oxygen atoms in total. The number of hydrogen-bond donors (Lipinski definition) is 2. The first-order valence-corrected chi connectivity index (χ1v) is 5.90. The van der Waals surface area contributed by atoms with Crippen molar-refractivity contribution in [2.24, 2.45) is 5.73 Å². The van der Waals surface area contributed by atoms with Gasteiger partial charge in [-0.2, -0.15) is 0 Å². The molecule has 1 rings (SSSR count). The number of hydrogen-bond acceptors (Lipinski definition) is 3. The Morgan fingerprint density at radius 2 is 2.17 bits per heavy atom. The van der Waals surface area contributed by atoms with Crippen LogP contribution in [0.3, 0.4) is 0 Å². The van der Waals surface area contributed by atoms with Crippen LogP contribution in [-0.4, -0.2) is 31.6 Å². The SMILES string of the molecule is NC(=O)COCCNC(=O)c1cccc(F)c1Br. The molecular formula is C11H12BrFN2O3. The molecule has 0 aliphatic heterocycles. The fourth-order valence-electron chi connectivity index (χ4n) is 1.18. The van der Waals surface area contributed by atoms with Crippen LogP contribution in [0.25, 0.3) is 0 Å². The van der Waals surface area contributed by atoms with E-state index in [9.17, 15) is 14.0 Å². The van der Waals surface area contributed by atoms with E-state index in [4.69, 9.17) is 10.5 Å². The first kappa shape index (κ1) is 14.6. The van der Waals surface area contributed by atoms with Crippen LogP contribution in [0.15, 0.2) is 22.7 Å². The summed E-state index contributed by atoms with van der Waals surface area (Å²) in [6.07, 6.45) is 0. The van der Waals surface area contributed by atoms with Crippen LogP contribution >= 0.6 is 15.9 Å². The van der Waals surface area contributed by atoms with Gasteiger partial charge in [0.2, 0.25) is 5.91 Å². The van der Waals surface area contributed by atoms with Gasteiger partial charge in [0.15, 0.2) is 0 Å². The Bertz CT molecular complexity index is 454. The first-order chi connectivity index (χ1) is 8.52. The smallest absolute Gasteiger partial charge is 0.252 e. The zero-order valence-corrected chi connectivity index (χ0v) is 11.0. The van der Waals surface area contributed by atoms with Crippen molar-refractivity contribution in [3.63, 3.8) is 0 Å². The minimum absolute atomic E-state index is 0.112. The number of carbonyl (C=O) groups is 2. The molecule has 0 spiro atoms. The lowest BCUT2D eigenvalue weighted by Crippen LogP contribution is -2.29. The van der Waals surface area contributed by atoms with Crippen molar-refractivity contribution in [2.75, 3.05) is 19.8 Å². The molecule has 0 aliphatic rings. The summed E-state index contributed by atoms with van der Waals surface area (Å²) in [5.74, 6) is -1.51. The number of benzene rings is 1. The van der Waals surface area contributed by atoms with Gasteiger partial charge in [-0.25, -0.2) is 4.39 Å². The molecule has 0 heterocycles. The molecule has 0 aromatic heterocycles. The van der Waals surface area contributed by atoms with Gasteiger partial charge in [0, 0.05) is 6.54 Å². The molecule has 0 aliphatic carbocycles. The second-order valence-corrected chi connectivity index (χ2v) is 4.17. The normalized spacial score (nSPS) is 10.1. The summed E-state index contributed by atoms with van der Waals surface area (Å²) in [6.45, 7) is 0.163. The van der Waals surface area contributed by atoms with E-state index in [1.54, 1.807) is 0 Å². The van der Waals surface area contributed by atoms with E-state index in [2.05, 4.69) is 21.2 Å². The second kappa shape index (κ2) is 7.07. The van der Waals surface area contributed by atoms with Gasteiger partial charge in [-0.1, -0.05) is 6.07 Å². The van der Waals surface area contributed by atoms with E-state index in [1.807, 2.05) is 0 Å². The maximum atomic E-state index is 13.2. The predicted molar refractivity (Wildman–Crippen MR) is 66.4 cm³/mol. The maximum Gasteiger partial charge on any atom is 0.252 e. The Morgan fingerprint density at radius 1 is 1.44 bits per heavy atom. The molecule has 1 aromatic carbocycles. The lowest BCUT2D eigenvalue weighted by molar-refractivity contribution is -0.122. The maximum absolute atomic E-state index is 13.2. The predicted octanol–water partition coefficient (Wildman–Crippen LogP) is 0.820. The largest absolute Gasteiger partial charge is 0.370 e. The van der Waals surface area contributed by atoms with Crippen molar-refractivity contribution in [1.29, 1.82) is 0 Å². The van der Waals surface area contributed by atoms with Crippen LogP contribution in [-0.2, 0) is 9.53 Å². The van der Waals surface area contributed by atoms with E-state index < -0.39 is 17.6 Å². The third-order valence-electron chi connectivity index (χ3n) is 1.97. The Kier molecular flexibility index (Phi) is 5.73. The number of nitrogens with two attached hydrogens (primary N) is 1. The quantitative estimate of drug-likeness (QED) is 0.762. The fraction of sp³-hybridized carbons (Fsp3) is 0.273. The molecule has 0 fully saturated rings. The van der Waals surface area contributed by atoms with Crippen molar-refractivity contribution in [3.05, 3.63) is 34.1 Å². The third kappa shape index (κ3) is 4.42. The number of halogens is 2. The molecule has 18 heavy (non-hydrogen) atoms. The van der Waals surface area contributed by atoms with Crippen LogP contribution in [0.5, 0.6) is 0 Å². The molecule has 0 saturated heterocycles. The molecule has 3 N–H and O–H groups in total. The molecule has 7 heteroatoms. The van der Waals surface area contributed by atoms with Gasteiger partial charge in [0.1, 0.15) is 12.4 Å². The minimum Gasteiger partial charge on any atom is -0.370 e. The summed E-state index contributed by atoms with van der Waals surface area (Å²) >= 11 is 2.99. The van der Waals surface area contributed by atoms with Gasteiger partial charge in [0.05, 0.1) is 16.6 Å². The highest BCUT2D eigenvalue weighted by atomic mass is 79.9. The number of primary amides is 1. The number of ether oxygens (including phenoxy) is 1. The lowest BCUT2D eigenvalue weighted by Gasteiger charge is -2.07. The Balaban J connectivity index is 2.41. The highest BCUT2D eigenvalue weighted by molar-refractivity contribution is 9.10. The lowest BCUT2D eigenvalue weighted by atomic mass is 10.2. The topological polar surface area (TPSA) is 81.4 Å². The van der Waals surface area contributed by atoms with E-state index in [0.717, 1.165) is 0 Å². The number of carbonyl (C=O) groups excluding carboxylic acids is 2. The molecule has 0 unspecified atom stereocenters. The van der Waals surface area contributed by atoms with Crippen molar-refractivity contribution in [3.8, 4) is 0 Å². The van der Waals surface area contributed by atoms with Crippen LogP contribution in [0, 0.1) is 5.82 Å². The van der Waals surface area contributed by atoms with Gasteiger partial charge in [0.25, 0.3) is 5.91 Å². The zero-order valence-electron chi connectivity index (χ0n) is 9.41. The van der Waals surface area contributed by atoms with Gasteiger partial charge < -0.3 is 15.8 Å². The summed E-state index contributed by atoms with van der Waals surface area (Å²) in [5, 5.41) is 2.53. The second-order valence-electron chi connectivity index (χ2n) is 3.38. The van der Waals surface area contributed by atoms with Crippen molar-refractivity contribution >= 4 is 27.7 Å². The monoisotopic (exact) mass is 318 g/mol. The average Bonchev–Trinajstić information content (AvgIpc) is 2.31. The molecular weight excluding hydrogens is 307 g/mol. The van der Waals surface area contributed by atoms with E-state index in [-0.39, 0.29) is 29.8 Å². The summed E-state index contributed by atoms with van der Waals surface area (Å²) in [6, 6.07) is 4.18. The van der Waals surface area contributed by atoms with E-state index >= 15 is 0 Å². The molecule has 0 bridgehead atoms. The van der Waals surface area contributed by atoms with Crippen LogP contribution < -0.4 is 11.1 Å². The standard InChI is InChI=1S/C11H12BrFN2O3/c12-10-7(2-1-3-8(10)13)11(17)15-4-5-18-6-9(14)16/h1-3H,4-6H2,(H2,14,16)(H,15,17). The molecule has 0 radical (unpaired) electrons. The van der Waals surface area contributed by atoms with Gasteiger partial charge in [-0.15, -0.1) is 0 Å². The Hall–Kier alpha value is -1.47. The summed E-state index contributed by atoms with van der Waals surface area (Å²) in [4.78, 5) is 22.0. The summed E-state index contributed by atoms with van der Waals surface area (Å²) < 4.78 is 18.1.